The van der Waals surface area contributed by atoms with E-state index >= 15 is 0 Å². The molecule has 6 heteroatoms. The third-order valence-corrected chi connectivity index (χ3v) is 4.15. The summed E-state index contributed by atoms with van der Waals surface area (Å²) in [5, 5.41) is 7.14. The van der Waals surface area contributed by atoms with Gasteiger partial charge in [0.1, 0.15) is 11.4 Å². The molecule has 2 N–H and O–H groups in total. The number of hydrogen-bond acceptors (Lipinski definition) is 4. The second-order valence-corrected chi connectivity index (χ2v) is 7.92. The Morgan fingerprint density at radius 3 is 2.68 bits per heavy atom. The predicted octanol–water partition coefficient (Wildman–Crippen LogP) is 4.99. The van der Waals surface area contributed by atoms with Crippen LogP contribution in [0, 0.1) is 0 Å². The van der Waals surface area contributed by atoms with Crippen molar-refractivity contribution < 1.29 is 14.3 Å². The second kappa shape index (κ2) is 8.65. The first kappa shape index (κ1) is 19.7. The standard InChI is InChI=1S/C19H29ClN2O3/c1-5-10-24-17-9-6-13(20)11-16(17)21-14-7-8-15(12-14)22-18(23)25-19(2,3)4/h6,9,11,14-15,21H,5,7-8,10,12H2,1-4H3,(H,22,23). The lowest BCUT2D eigenvalue weighted by Gasteiger charge is -2.22. The predicted molar refractivity (Wildman–Crippen MR) is 102 cm³/mol. The monoisotopic (exact) mass is 368 g/mol. The molecule has 1 aromatic rings. The smallest absolute Gasteiger partial charge is 0.407 e. The van der Waals surface area contributed by atoms with E-state index in [0.717, 1.165) is 37.1 Å². The minimum atomic E-state index is -0.480. The molecule has 1 amide bonds. The summed E-state index contributed by atoms with van der Waals surface area (Å²) in [6.45, 7) is 8.34. The quantitative estimate of drug-likeness (QED) is 0.742. The topological polar surface area (TPSA) is 59.6 Å². The lowest BCUT2D eigenvalue weighted by atomic mass is 10.2. The lowest BCUT2D eigenvalue weighted by Crippen LogP contribution is -2.38. The number of carbonyl (C=O) groups is 1. The normalized spacial score (nSPS) is 20.2. The molecule has 0 radical (unpaired) electrons. The third-order valence-electron chi connectivity index (χ3n) is 3.92. The molecular formula is C19H29ClN2O3. The maximum atomic E-state index is 11.9. The summed E-state index contributed by atoms with van der Waals surface area (Å²) in [5.74, 6) is 0.815. The van der Waals surface area contributed by atoms with Crippen molar-refractivity contribution in [3.8, 4) is 5.75 Å². The van der Waals surface area contributed by atoms with E-state index in [-0.39, 0.29) is 18.2 Å². The summed E-state index contributed by atoms with van der Waals surface area (Å²) >= 11 is 6.13. The van der Waals surface area contributed by atoms with Crippen molar-refractivity contribution in [2.45, 2.75) is 71.1 Å². The van der Waals surface area contributed by atoms with Crippen LogP contribution in [0.3, 0.4) is 0 Å². The van der Waals surface area contributed by atoms with Gasteiger partial charge in [0, 0.05) is 17.1 Å². The minimum Gasteiger partial charge on any atom is -0.491 e. The summed E-state index contributed by atoms with van der Waals surface area (Å²) in [6.07, 6.45) is 3.34. The van der Waals surface area contributed by atoms with Gasteiger partial charge in [-0.15, -0.1) is 0 Å². The van der Waals surface area contributed by atoms with Gasteiger partial charge in [0.15, 0.2) is 0 Å². The summed E-state index contributed by atoms with van der Waals surface area (Å²) in [7, 11) is 0. The second-order valence-electron chi connectivity index (χ2n) is 7.49. The van der Waals surface area contributed by atoms with Crippen molar-refractivity contribution in [3.05, 3.63) is 23.2 Å². The molecule has 0 aliphatic heterocycles. The van der Waals surface area contributed by atoms with Gasteiger partial charge in [0.05, 0.1) is 12.3 Å². The lowest BCUT2D eigenvalue weighted by molar-refractivity contribution is 0.0505. The van der Waals surface area contributed by atoms with Crippen molar-refractivity contribution in [1.82, 2.24) is 5.32 Å². The van der Waals surface area contributed by atoms with Gasteiger partial charge in [0.25, 0.3) is 0 Å². The summed E-state index contributed by atoms with van der Waals surface area (Å²) in [5.41, 5.74) is 0.427. The van der Waals surface area contributed by atoms with Gasteiger partial charge >= 0.3 is 6.09 Å². The summed E-state index contributed by atoms with van der Waals surface area (Å²) < 4.78 is 11.1. The molecule has 25 heavy (non-hydrogen) atoms. The Labute approximate surface area is 155 Å². The van der Waals surface area contributed by atoms with E-state index in [4.69, 9.17) is 21.1 Å². The van der Waals surface area contributed by atoms with E-state index in [1.165, 1.54) is 0 Å². The van der Waals surface area contributed by atoms with Gasteiger partial charge in [-0.3, -0.25) is 0 Å². The summed E-state index contributed by atoms with van der Waals surface area (Å²) in [4.78, 5) is 11.9. The van der Waals surface area contributed by atoms with Crippen LogP contribution in [0.2, 0.25) is 5.02 Å². The molecule has 1 aromatic carbocycles. The van der Waals surface area contributed by atoms with Crippen LogP contribution in [-0.2, 0) is 4.74 Å². The van der Waals surface area contributed by atoms with Crippen LogP contribution in [0.5, 0.6) is 5.75 Å². The number of halogens is 1. The number of rotatable bonds is 6. The van der Waals surface area contributed by atoms with E-state index in [0.29, 0.717) is 11.6 Å². The number of carbonyl (C=O) groups excluding carboxylic acids is 1. The Hall–Kier alpha value is -1.62. The Kier molecular flexibility index (Phi) is 6.82. The van der Waals surface area contributed by atoms with E-state index < -0.39 is 5.60 Å². The SMILES string of the molecule is CCCOc1ccc(Cl)cc1NC1CCC(NC(=O)OC(C)(C)C)C1. The van der Waals surface area contributed by atoms with Crippen molar-refractivity contribution in [3.63, 3.8) is 0 Å². The fourth-order valence-electron chi connectivity index (χ4n) is 2.89. The Bertz CT molecular complexity index is 587. The molecule has 2 rings (SSSR count). The molecule has 0 bridgehead atoms. The van der Waals surface area contributed by atoms with E-state index in [1.807, 2.05) is 39.0 Å². The molecule has 2 unspecified atom stereocenters. The van der Waals surface area contributed by atoms with Crippen molar-refractivity contribution in [1.29, 1.82) is 0 Å². The van der Waals surface area contributed by atoms with E-state index in [1.54, 1.807) is 0 Å². The molecule has 140 valence electrons. The number of ether oxygens (including phenoxy) is 2. The first-order valence-corrected chi connectivity index (χ1v) is 9.33. The Morgan fingerprint density at radius 2 is 2.00 bits per heavy atom. The van der Waals surface area contributed by atoms with Crippen LogP contribution < -0.4 is 15.4 Å². The highest BCUT2D eigenvalue weighted by molar-refractivity contribution is 6.30. The number of amides is 1. The third kappa shape index (κ3) is 6.65. The summed E-state index contributed by atoms with van der Waals surface area (Å²) in [6, 6.07) is 6.00. The Balaban J connectivity index is 1.90. The van der Waals surface area contributed by atoms with Crippen LogP contribution in [0.4, 0.5) is 10.5 Å². The highest BCUT2D eigenvalue weighted by Gasteiger charge is 2.28. The van der Waals surface area contributed by atoms with Crippen molar-refractivity contribution >= 4 is 23.4 Å². The zero-order chi connectivity index (χ0) is 18.4. The van der Waals surface area contributed by atoms with E-state index in [9.17, 15) is 4.79 Å². The van der Waals surface area contributed by atoms with Gasteiger partial charge in [-0.2, -0.15) is 0 Å². The van der Waals surface area contributed by atoms with E-state index in [2.05, 4.69) is 17.6 Å². The van der Waals surface area contributed by atoms with Crippen LogP contribution in [0.1, 0.15) is 53.4 Å². The molecule has 0 saturated heterocycles. The van der Waals surface area contributed by atoms with Crippen LogP contribution in [0.15, 0.2) is 18.2 Å². The molecule has 5 nitrogen and oxygen atoms in total. The number of nitrogens with one attached hydrogen (secondary N) is 2. The number of hydrogen-bond donors (Lipinski definition) is 2. The first-order chi connectivity index (χ1) is 11.8. The molecule has 1 aliphatic carbocycles. The first-order valence-electron chi connectivity index (χ1n) is 8.95. The average Bonchev–Trinajstić information content (AvgIpc) is 2.91. The molecule has 0 heterocycles. The van der Waals surface area contributed by atoms with Crippen LogP contribution >= 0.6 is 11.6 Å². The highest BCUT2D eigenvalue weighted by atomic mass is 35.5. The molecule has 0 aromatic heterocycles. The maximum Gasteiger partial charge on any atom is 0.407 e. The molecular weight excluding hydrogens is 340 g/mol. The highest BCUT2D eigenvalue weighted by Crippen LogP contribution is 2.32. The van der Waals surface area contributed by atoms with Crippen molar-refractivity contribution in [2.75, 3.05) is 11.9 Å². The fourth-order valence-corrected chi connectivity index (χ4v) is 3.06. The molecule has 1 saturated carbocycles. The van der Waals surface area contributed by atoms with Crippen LogP contribution in [0.25, 0.3) is 0 Å². The van der Waals surface area contributed by atoms with Crippen LogP contribution in [-0.4, -0.2) is 30.4 Å². The molecule has 1 aliphatic rings. The number of alkyl carbamates (subject to hydrolysis) is 1. The molecule has 1 fully saturated rings. The fraction of sp³-hybridized carbons (Fsp3) is 0.632. The van der Waals surface area contributed by atoms with Gasteiger partial charge in [-0.05, 0) is 64.7 Å². The Morgan fingerprint density at radius 1 is 1.28 bits per heavy atom. The van der Waals surface area contributed by atoms with Gasteiger partial charge in [-0.1, -0.05) is 18.5 Å². The minimum absolute atomic E-state index is 0.117. The van der Waals surface area contributed by atoms with Gasteiger partial charge in [-0.25, -0.2) is 4.79 Å². The van der Waals surface area contributed by atoms with Gasteiger partial charge in [0.2, 0.25) is 0 Å². The van der Waals surface area contributed by atoms with Gasteiger partial charge < -0.3 is 20.1 Å². The average molecular weight is 369 g/mol. The molecule has 0 spiro atoms. The van der Waals surface area contributed by atoms with Crippen molar-refractivity contribution in [2.24, 2.45) is 0 Å². The number of benzene rings is 1. The molecule has 2 atom stereocenters. The largest absolute Gasteiger partial charge is 0.491 e. The zero-order valence-electron chi connectivity index (χ0n) is 15.5. The zero-order valence-corrected chi connectivity index (χ0v) is 16.3. The maximum absolute atomic E-state index is 11.9. The number of anilines is 1.